The van der Waals surface area contributed by atoms with E-state index in [0.717, 1.165) is 6.08 Å². The maximum Gasteiger partial charge on any atom is 0.409 e. The number of aliphatic hydroxyl groups excluding tert-OH is 2. The molecule has 20 heavy (non-hydrogen) atoms. The number of rotatable bonds is 7. The molecule has 1 aliphatic rings. The molecule has 1 aliphatic carbocycles. The zero-order valence-corrected chi connectivity index (χ0v) is 10.5. The summed E-state index contributed by atoms with van der Waals surface area (Å²) in [5.41, 5.74) is -0.748. The highest BCUT2D eigenvalue weighted by Crippen LogP contribution is 2.14. The van der Waals surface area contributed by atoms with Crippen LogP contribution in [0.4, 0.5) is 4.79 Å². The smallest absolute Gasteiger partial charge is 0.409 e. The van der Waals surface area contributed by atoms with Crippen molar-refractivity contribution in [3.63, 3.8) is 0 Å². The van der Waals surface area contributed by atoms with Crippen molar-refractivity contribution in [3.8, 4) is 0 Å². The Morgan fingerprint density at radius 2 is 1.65 bits per heavy atom. The van der Waals surface area contributed by atoms with Crippen molar-refractivity contribution in [1.82, 2.24) is 16.0 Å². The lowest BCUT2D eigenvalue weighted by molar-refractivity contribution is -0.116. The van der Waals surface area contributed by atoms with Crippen LogP contribution in [0.25, 0.3) is 0 Å². The van der Waals surface area contributed by atoms with E-state index >= 15 is 0 Å². The first kappa shape index (κ1) is 15.7. The molecule has 9 nitrogen and oxygen atoms in total. The molecule has 1 rings (SSSR count). The van der Waals surface area contributed by atoms with Gasteiger partial charge in [-0.15, -0.1) is 0 Å². The van der Waals surface area contributed by atoms with Crippen molar-refractivity contribution >= 4 is 17.7 Å². The van der Waals surface area contributed by atoms with Crippen molar-refractivity contribution < 1.29 is 29.7 Å². The number of amides is 1. The fourth-order valence-corrected chi connectivity index (χ4v) is 1.54. The monoisotopic (exact) mass is 285 g/mol. The van der Waals surface area contributed by atoms with Gasteiger partial charge in [-0.25, -0.2) is 4.79 Å². The first-order chi connectivity index (χ1) is 9.51. The van der Waals surface area contributed by atoms with E-state index in [9.17, 15) is 14.4 Å². The number of aliphatic hydroxyl groups is 2. The first-order valence-corrected chi connectivity index (χ1v) is 5.75. The Morgan fingerprint density at radius 3 is 2.20 bits per heavy atom. The lowest BCUT2D eigenvalue weighted by Crippen LogP contribution is -2.40. The number of carbonyl (C=O) groups is 3. The normalized spacial score (nSPS) is 15.0. The van der Waals surface area contributed by atoms with Crippen molar-refractivity contribution in [1.29, 1.82) is 0 Å². The van der Waals surface area contributed by atoms with Gasteiger partial charge in [0.1, 0.15) is 11.4 Å². The van der Waals surface area contributed by atoms with E-state index in [4.69, 9.17) is 15.3 Å². The second kappa shape index (κ2) is 7.26. The molecule has 0 saturated carbocycles. The average molecular weight is 285 g/mol. The molecule has 6 N–H and O–H groups in total. The molecule has 110 valence electrons. The minimum atomic E-state index is -1.49. The molecule has 0 heterocycles. The lowest BCUT2D eigenvalue weighted by Gasteiger charge is -2.20. The fourth-order valence-electron chi connectivity index (χ4n) is 1.54. The molecule has 1 amide bonds. The Hall–Kier alpha value is -2.39. The summed E-state index contributed by atoms with van der Waals surface area (Å²) in [4.78, 5) is 34.6. The van der Waals surface area contributed by atoms with Gasteiger partial charge in [0.05, 0.1) is 18.9 Å². The molecule has 0 fully saturated rings. The third-order valence-corrected chi connectivity index (χ3v) is 2.32. The van der Waals surface area contributed by atoms with Crippen LogP contribution in [0.5, 0.6) is 0 Å². The van der Waals surface area contributed by atoms with Gasteiger partial charge in [-0.1, -0.05) is 0 Å². The molecular weight excluding hydrogens is 270 g/mol. The molecule has 0 aromatic rings. The Labute approximate surface area is 114 Å². The van der Waals surface area contributed by atoms with Gasteiger partial charge in [0.25, 0.3) is 0 Å². The van der Waals surface area contributed by atoms with Crippen LogP contribution < -0.4 is 16.0 Å². The number of hydrogen-bond donors (Lipinski definition) is 6. The minimum absolute atomic E-state index is 0.00755. The summed E-state index contributed by atoms with van der Waals surface area (Å²) in [6.07, 6.45) is -0.488. The van der Waals surface area contributed by atoms with Crippen molar-refractivity contribution in [2.24, 2.45) is 0 Å². The van der Waals surface area contributed by atoms with Crippen LogP contribution in [0.15, 0.2) is 23.2 Å². The lowest BCUT2D eigenvalue weighted by atomic mass is 10.0. The van der Waals surface area contributed by atoms with E-state index in [2.05, 4.69) is 10.6 Å². The fraction of sp³-hybridized carbons (Fsp3) is 0.364. The highest BCUT2D eigenvalue weighted by molar-refractivity contribution is 6.22. The van der Waals surface area contributed by atoms with E-state index < -0.39 is 23.4 Å². The third-order valence-electron chi connectivity index (χ3n) is 2.32. The number of hydrogen-bond acceptors (Lipinski definition) is 7. The van der Waals surface area contributed by atoms with Gasteiger partial charge in [-0.05, 0) is 0 Å². The van der Waals surface area contributed by atoms with Crippen LogP contribution in [0.2, 0.25) is 0 Å². The summed E-state index contributed by atoms with van der Waals surface area (Å²) in [6.45, 7) is -0.499. The summed E-state index contributed by atoms with van der Waals surface area (Å²) >= 11 is 0. The quantitative estimate of drug-likeness (QED) is 0.285. The maximum atomic E-state index is 12.0. The third kappa shape index (κ3) is 3.80. The van der Waals surface area contributed by atoms with Crippen LogP contribution in [0.1, 0.15) is 0 Å². The predicted octanol–water partition coefficient (Wildman–Crippen LogP) is -2.33. The molecule has 0 spiro atoms. The largest absolute Gasteiger partial charge is 0.465 e. The Kier molecular flexibility index (Phi) is 5.69. The maximum absolute atomic E-state index is 12.0. The van der Waals surface area contributed by atoms with E-state index in [-0.39, 0.29) is 37.7 Å². The molecular formula is C11H15N3O6. The summed E-state index contributed by atoms with van der Waals surface area (Å²) in [5, 5.41) is 33.0. The van der Waals surface area contributed by atoms with E-state index in [1.165, 1.54) is 0 Å². The summed E-state index contributed by atoms with van der Waals surface area (Å²) in [6, 6.07) is 0. The number of nitrogens with one attached hydrogen (secondary N) is 3. The standard InChI is InChI=1S/C11H15N3O6/c15-3-1-12-6-5-7(17)8(13-2-4-16)9(10(6)18)14-11(19)20/h5,12-16H,1-4H2,(H,19,20). The van der Waals surface area contributed by atoms with Gasteiger partial charge in [0.2, 0.25) is 11.6 Å². The predicted molar refractivity (Wildman–Crippen MR) is 66.5 cm³/mol. The zero-order valence-electron chi connectivity index (χ0n) is 10.5. The molecule has 0 aromatic heterocycles. The highest BCUT2D eigenvalue weighted by atomic mass is 16.4. The van der Waals surface area contributed by atoms with Crippen molar-refractivity contribution in [2.75, 3.05) is 26.3 Å². The zero-order chi connectivity index (χ0) is 15.1. The SMILES string of the molecule is O=C(O)NC1=C(NCCO)C(=O)C=C(NCCO)C1=O. The van der Waals surface area contributed by atoms with Gasteiger partial charge in [0, 0.05) is 19.2 Å². The van der Waals surface area contributed by atoms with E-state index in [1.54, 1.807) is 0 Å². The van der Waals surface area contributed by atoms with E-state index in [1.807, 2.05) is 5.32 Å². The van der Waals surface area contributed by atoms with Gasteiger partial charge in [-0.2, -0.15) is 0 Å². The van der Waals surface area contributed by atoms with Crippen LogP contribution in [-0.2, 0) is 9.59 Å². The van der Waals surface area contributed by atoms with Crippen LogP contribution >= 0.6 is 0 Å². The second-order valence-electron chi connectivity index (χ2n) is 3.73. The second-order valence-corrected chi connectivity index (χ2v) is 3.73. The molecule has 0 aliphatic heterocycles. The molecule has 0 bridgehead atoms. The minimum Gasteiger partial charge on any atom is -0.465 e. The number of carboxylic acid groups (broad SMARTS) is 1. The molecule has 0 radical (unpaired) electrons. The molecule has 0 saturated heterocycles. The highest BCUT2D eigenvalue weighted by Gasteiger charge is 2.29. The van der Waals surface area contributed by atoms with E-state index in [0.29, 0.717) is 0 Å². The summed E-state index contributed by atoms with van der Waals surface area (Å²) < 4.78 is 0. The van der Waals surface area contributed by atoms with Crippen LogP contribution in [0, 0.1) is 0 Å². The van der Waals surface area contributed by atoms with Gasteiger partial charge < -0.3 is 26.0 Å². The molecule has 9 heteroatoms. The van der Waals surface area contributed by atoms with Gasteiger partial charge >= 0.3 is 6.09 Å². The Morgan fingerprint density at radius 1 is 1.05 bits per heavy atom. The number of allylic oxidation sites excluding steroid dienone is 1. The average Bonchev–Trinajstić information content (AvgIpc) is 2.40. The van der Waals surface area contributed by atoms with Gasteiger partial charge in [-0.3, -0.25) is 14.9 Å². The van der Waals surface area contributed by atoms with Crippen molar-refractivity contribution in [3.05, 3.63) is 23.2 Å². The first-order valence-electron chi connectivity index (χ1n) is 5.75. The molecule has 0 unspecified atom stereocenters. The number of carbonyl (C=O) groups excluding carboxylic acids is 2. The molecule has 0 aromatic carbocycles. The van der Waals surface area contributed by atoms with Crippen molar-refractivity contribution in [2.45, 2.75) is 0 Å². The Balaban J connectivity index is 3.04. The Bertz CT molecular complexity index is 483. The summed E-state index contributed by atoms with van der Waals surface area (Å²) in [7, 11) is 0. The van der Waals surface area contributed by atoms with Gasteiger partial charge in [0.15, 0.2) is 0 Å². The van der Waals surface area contributed by atoms with Crippen LogP contribution in [0.3, 0.4) is 0 Å². The molecule has 0 atom stereocenters. The topological polar surface area (TPSA) is 148 Å². The van der Waals surface area contributed by atoms with Crippen LogP contribution in [-0.4, -0.2) is 59.3 Å². The number of Topliss-reactive ketones (excluding diaryl/α,β-unsaturated/α-hetero) is 1. The number of ketones is 2. The summed E-state index contributed by atoms with van der Waals surface area (Å²) in [5.74, 6) is -1.33.